The van der Waals surface area contributed by atoms with Gasteiger partial charge in [0.05, 0.1) is 24.9 Å². The van der Waals surface area contributed by atoms with Gasteiger partial charge in [-0.15, -0.1) is 11.3 Å². The molecule has 1 aromatic carbocycles. The van der Waals surface area contributed by atoms with Gasteiger partial charge >= 0.3 is 12.1 Å². The number of rotatable bonds is 9. The van der Waals surface area contributed by atoms with Crippen molar-refractivity contribution in [2.24, 2.45) is 5.92 Å². The van der Waals surface area contributed by atoms with Gasteiger partial charge in [-0.3, -0.25) is 9.59 Å². The van der Waals surface area contributed by atoms with E-state index in [2.05, 4.69) is 16.0 Å². The number of amides is 3. The molecule has 2 saturated carbocycles. The number of alkyl carbamates (subject to hydrolysis) is 1. The first kappa shape index (κ1) is 38.6. The summed E-state index contributed by atoms with van der Waals surface area (Å²) in [6.07, 6.45) is 7.96. The Bertz CT molecular complexity index is 1900. The first-order chi connectivity index (χ1) is 26.5. The molecule has 14 nitrogen and oxygen atoms in total. The standard InChI is InChI=1S/C40H52N6O8S/c1-23(2)41-38-43-32(22-55-38)31-19-34(28-16-15-26(52-3)17-30(28)42-31)53-27-18-33-35(47)45-40(37(49)50)20-24(40)11-7-5-4-6-8-14-29(36(48)46(33)21-27)44-39(51)54-25-12-9-10-13-25/h15-17,19,22-25,27,29,33H,4-14,18,20-21H2,1-3H3,(H,41,43)(H,44,51)(H,45,47)(H,49,50)/t24?,27-,29+,33+,40?/m1/s1. The number of carboxylic acid groups (broad SMARTS) is 1. The van der Waals surface area contributed by atoms with Gasteiger partial charge in [0.2, 0.25) is 11.8 Å². The second-order valence-corrected chi connectivity index (χ2v) is 16.6. The van der Waals surface area contributed by atoms with Gasteiger partial charge in [0.15, 0.2) is 5.13 Å². The van der Waals surface area contributed by atoms with Crippen LogP contribution in [0.1, 0.15) is 97.3 Å². The van der Waals surface area contributed by atoms with Crippen molar-refractivity contribution < 1.29 is 38.5 Å². The number of carboxylic acids is 1. The molecule has 2 aromatic heterocycles. The van der Waals surface area contributed by atoms with Crippen LogP contribution in [-0.4, -0.2) is 93.4 Å². The fourth-order valence-corrected chi connectivity index (χ4v) is 9.15. The van der Waals surface area contributed by atoms with Crippen molar-refractivity contribution in [1.29, 1.82) is 0 Å². The average molecular weight is 777 g/mol. The van der Waals surface area contributed by atoms with Gasteiger partial charge in [-0.25, -0.2) is 19.6 Å². The van der Waals surface area contributed by atoms with Crippen LogP contribution >= 0.6 is 11.3 Å². The number of fused-ring (bicyclic) bond motifs is 3. The highest BCUT2D eigenvalue weighted by Crippen LogP contribution is 2.47. The predicted molar refractivity (Wildman–Crippen MR) is 207 cm³/mol. The fraction of sp³-hybridized carbons (Fsp3) is 0.600. The quantitative estimate of drug-likeness (QED) is 0.192. The van der Waals surface area contributed by atoms with Gasteiger partial charge < -0.3 is 40.2 Å². The van der Waals surface area contributed by atoms with Gasteiger partial charge in [-0.1, -0.05) is 32.1 Å². The molecule has 0 radical (unpaired) electrons. The third-order valence-corrected chi connectivity index (χ3v) is 12.1. The highest BCUT2D eigenvalue weighted by Gasteiger charge is 2.62. The Labute approximate surface area is 325 Å². The van der Waals surface area contributed by atoms with Gasteiger partial charge in [0.25, 0.3) is 0 Å². The van der Waals surface area contributed by atoms with Gasteiger partial charge in [-0.2, -0.15) is 0 Å². The number of nitrogens with one attached hydrogen (secondary N) is 3. The van der Waals surface area contributed by atoms with Crippen LogP contribution in [0.5, 0.6) is 11.5 Å². The summed E-state index contributed by atoms with van der Waals surface area (Å²) < 4.78 is 17.9. The minimum absolute atomic E-state index is 0.0464. The second kappa shape index (κ2) is 16.6. The number of methoxy groups -OCH3 is 1. The Morgan fingerprint density at radius 1 is 0.982 bits per heavy atom. The number of carbonyl (C=O) groups is 4. The van der Waals surface area contributed by atoms with Gasteiger partial charge in [0, 0.05) is 35.4 Å². The number of hydrogen-bond donors (Lipinski definition) is 4. The van der Waals surface area contributed by atoms with E-state index in [4.69, 9.17) is 24.2 Å². The number of nitrogens with zero attached hydrogens (tertiary/aromatic N) is 3. The largest absolute Gasteiger partial charge is 0.497 e. The highest BCUT2D eigenvalue weighted by atomic mass is 32.1. The third-order valence-electron chi connectivity index (χ3n) is 11.3. The van der Waals surface area contributed by atoms with Crippen molar-refractivity contribution in [2.45, 2.75) is 133 Å². The molecule has 4 aliphatic rings. The number of ether oxygens (including phenoxy) is 3. The van der Waals surface area contributed by atoms with E-state index in [1.807, 2.05) is 43.5 Å². The number of hydrogen-bond acceptors (Lipinski definition) is 11. The maximum atomic E-state index is 14.6. The lowest BCUT2D eigenvalue weighted by Gasteiger charge is -2.29. The molecule has 4 N–H and O–H groups in total. The number of anilines is 1. The topological polar surface area (TPSA) is 181 Å². The molecule has 55 heavy (non-hydrogen) atoms. The third kappa shape index (κ3) is 8.76. The molecule has 4 heterocycles. The number of thiazole rings is 1. The Kier molecular flexibility index (Phi) is 11.7. The lowest BCUT2D eigenvalue weighted by Crippen LogP contribution is -2.56. The number of carbonyl (C=O) groups excluding carboxylic acids is 3. The molecule has 3 amide bonds. The summed E-state index contributed by atoms with van der Waals surface area (Å²) in [6, 6.07) is 5.57. The van der Waals surface area contributed by atoms with Crippen LogP contribution in [0, 0.1) is 5.92 Å². The summed E-state index contributed by atoms with van der Waals surface area (Å²) in [5.74, 6) is -1.07. The van der Waals surface area contributed by atoms with Crippen molar-refractivity contribution in [2.75, 3.05) is 19.0 Å². The van der Waals surface area contributed by atoms with Crippen molar-refractivity contribution in [3.8, 4) is 22.9 Å². The van der Waals surface area contributed by atoms with Crippen LogP contribution in [0.25, 0.3) is 22.3 Å². The zero-order chi connectivity index (χ0) is 38.7. The van der Waals surface area contributed by atoms with Crippen LogP contribution in [-0.2, 0) is 19.1 Å². The Balaban J connectivity index is 1.19. The first-order valence-corrected chi connectivity index (χ1v) is 20.6. The van der Waals surface area contributed by atoms with Crippen molar-refractivity contribution >= 4 is 51.2 Å². The van der Waals surface area contributed by atoms with Crippen LogP contribution in [0.3, 0.4) is 0 Å². The summed E-state index contributed by atoms with van der Waals surface area (Å²) in [5.41, 5.74) is 0.499. The minimum Gasteiger partial charge on any atom is -0.497 e. The molecule has 2 unspecified atom stereocenters. The van der Waals surface area contributed by atoms with Crippen molar-refractivity contribution in [3.05, 3.63) is 29.6 Å². The van der Waals surface area contributed by atoms with E-state index in [9.17, 15) is 24.3 Å². The molecule has 15 heteroatoms. The lowest BCUT2D eigenvalue weighted by molar-refractivity contribution is -0.146. The number of pyridine rings is 1. The fourth-order valence-electron chi connectivity index (χ4n) is 8.30. The highest BCUT2D eigenvalue weighted by molar-refractivity contribution is 7.14. The number of benzene rings is 1. The predicted octanol–water partition coefficient (Wildman–Crippen LogP) is 6.28. The van der Waals surface area contributed by atoms with Crippen LogP contribution in [0.15, 0.2) is 29.6 Å². The van der Waals surface area contributed by atoms with Crippen LogP contribution in [0.4, 0.5) is 9.93 Å². The molecule has 2 saturated heterocycles. The zero-order valence-electron chi connectivity index (χ0n) is 31.8. The maximum Gasteiger partial charge on any atom is 0.408 e. The molecular formula is C40H52N6O8S. The summed E-state index contributed by atoms with van der Waals surface area (Å²) in [7, 11) is 1.59. The molecule has 3 aromatic rings. The van der Waals surface area contributed by atoms with E-state index < -0.39 is 47.6 Å². The lowest BCUT2D eigenvalue weighted by atomic mass is 10.0. The number of aromatic nitrogens is 2. The van der Waals surface area contributed by atoms with Crippen molar-refractivity contribution in [1.82, 2.24) is 25.5 Å². The molecule has 4 fully saturated rings. The monoisotopic (exact) mass is 776 g/mol. The van der Waals surface area contributed by atoms with Gasteiger partial charge in [-0.05, 0) is 76.8 Å². The van der Waals surface area contributed by atoms with E-state index in [0.29, 0.717) is 59.5 Å². The van der Waals surface area contributed by atoms with E-state index in [1.165, 1.54) is 16.2 Å². The molecule has 0 bridgehead atoms. The summed E-state index contributed by atoms with van der Waals surface area (Å²) >= 11 is 1.47. The molecule has 2 aliphatic carbocycles. The summed E-state index contributed by atoms with van der Waals surface area (Å²) in [4.78, 5) is 65.6. The summed E-state index contributed by atoms with van der Waals surface area (Å²) in [5, 5.41) is 22.7. The van der Waals surface area contributed by atoms with Crippen LogP contribution in [0.2, 0.25) is 0 Å². The molecule has 0 spiro atoms. The molecular weight excluding hydrogens is 725 g/mol. The van der Waals surface area contributed by atoms with Gasteiger partial charge in [0.1, 0.15) is 47.0 Å². The smallest absolute Gasteiger partial charge is 0.408 e. The Morgan fingerprint density at radius 3 is 2.47 bits per heavy atom. The molecule has 7 rings (SSSR count). The first-order valence-electron chi connectivity index (χ1n) is 19.7. The molecule has 2 aliphatic heterocycles. The zero-order valence-corrected chi connectivity index (χ0v) is 32.6. The minimum atomic E-state index is -1.36. The van der Waals surface area contributed by atoms with E-state index in [0.717, 1.165) is 56.5 Å². The normalized spacial score (nSPS) is 26.4. The van der Waals surface area contributed by atoms with Crippen molar-refractivity contribution in [3.63, 3.8) is 0 Å². The van der Waals surface area contributed by atoms with E-state index >= 15 is 0 Å². The Morgan fingerprint density at radius 2 is 1.73 bits per heavy atom. The van der Waals surface area contributed by atoms with E-state index in [1.54, 1.807) is 7.11 Å². The SMILES string of the molecule is COc1ccc2c(O[C@@H]3C[C@H]4C(=O)NC5(C(=O)O)CC5CCCCCCC[C@H](NC(=O)OC5CCCC5)C(=O)N4C3)cc(-c3csc(NC(C)C)n3)nc2c1. The average Bonchev–Trinajstić information content (AvgIpc) is 3.58. The summed E-state index contributed by atoms with van der Waals surface area (Å²) in [6.45, 7) is 4.13. The molecule has 5 atom stereocenters. The van der Waals surface area contributed by atoms with Crippen LogP contribution < -0.4 is 25.4 Å². The number of aliphatic carboxylic acids is 1. The second-order valence-electron chi connectivity index (χ2n) is 15.7. The van der Waals surface area contributed by atoms with E-state index in [-0.39, 0.29) is 31.0 Å². The Hall–Kier alpha value is -4.66. The molecule has 296 valence electrons. The maximum absolute atomic E-state index is 14.6.